The number of hydrogen-bond donors (Lipinski definition) is 0. The predicted octanol–water partition coefficient (Wildman–Crippen LogP) is 3.71. The third-order valence-electron chi connectivity index (χ3n) is 4.10. The first-order chi connectivity index (χ1) is 10.3. The first-order valence-electron chi connectivity index (χ1n) is 7.27. The van der Waals surface area contributed by atoms with Gasteiger partial charge in [-0.1, -0.05) is 30.3 Å². The van der Waals surface area contributed by atoms with Crippen molar-refractivity contribution in [2.45, 2.75) is 18.3 Å². The number of benzene rings is 1. The Kier molecular flexibility index (Phi) is 6.71. The molecule has 1 aromatic carbocycles. The number of carbonyl (C=O) groups excluding carboxylic acids is 1. The predicted molar refractivity (Wildman–Crippen MR) is 84.3 cm³/mol. The molecule has 0 N–H and O–H groups in total. The van der Waals surface area contributed by atoms with Crippen LogP contribution in [0.25, 0.3) is 0 Å². The molecule has 3 fully saturated rings. The maximum Gasteiger partial charge on any atom is 2.00 e. The van der Waals surface area contributed by atoms with Crippen molar-refractivity contribution < 1.29 is 21.9 Å². The molecule has 0 atom stereocenters. The summed E-state index contributed by atoms with van der Waals surface area (Å²) in [4.78, 5) is 11.4. The van der Waals surface area contributed by atoms with Crippen LogP contribution in [0.2, 0.25) is 0 Å². The fourth-order valence-corrected chi connectivity index (χ4v) is 2.97. The summed E-state index contributed by atoms with van der Waals surface area (Å²) in [6, 6.07) is 10.4. The van der Waals surface area contributed by atoms with Crippen molar-refractivity contribution in [2.75, 3.05) is 0 Å². The summed E-state index contributed by atoms with van der Waals surface area (Å²) in [6.45, 7) is 0. The summed E-state index contributed by atoms with van der Waals surface area (Å²) in [7, 11) is 0. The number of Topliss-reactive ketones (excluding diaryl/α,β-unsaturated/α-hetero) is 1. The largest absolute Gasteiger partial charge is 2.00 e. The Labute approximate surface area is 145 Å². The second-order valence-corrected chi connectivity index (χ2v) is 5.48. The van der Waals surface area contributed by atoms with E-state index in [-0.39, 0.29) is 22.5 Å². The van der Waals surface area contributed by atoms with Gasteiger partial charge in [0, 0.05) is 18.3 Å². The van der Waals surface area contributed by atoms with Crippen LogP contribution in [0.3, 0.4) is 0 Å². The van der Waals surface area contributed by atoms with Gasteiger partial charge in [-0.25, -0.2) is 0 Å². The quantitative estimate of drug-likeness (QED) is 0.756. The van der Waals surface area contributed by atoms with Crippen LogP contribution < -0.4 is 0 Å². The zero-order valence-corrected chi connectivity index (χ0v) is 13.4. The molecule has 0 unspecified atom stereocenters. The van der Waals surface area contributed by atoms with Crippen molar-refractivity contribution in [3.8, 4) is 0 Å². The molecule has 0 amide bonds. The Bertz CT molecular complexity index is 442. The molecule has 22 heavy (non-hydrogen) atoms. The fraction of sp³-hybridized carbons (Fsp3) is 0.150. The van der Waals surface area contributed by atoms with E-state index in [1.54, 1.807) is 0 Å². The van der Waals surface area contributed by atoms with Crippen molar-refractivity contribution in [2.24, 2.45) is 0 Å². The van der Waals surface area contributed by atoms with Gasteiger partial charge in [0.05, 0.1) is 0 Å². The fourth-order valence-electron chi connectivity index (χ4n) is 2.97. The van der Waals surface area contributed by atoms with Crippen LogP contribution in [-0.4, -0.2) is 5.78 Å². The molecule has 3 aliphatic carbocycles. The van der Waals surface area contributed by atoms with Gasteiger partial charge in [0.1, 0.15) is 5.78 Å². The maximum absolute atomic E-state index is 11.4. The molecule has 10 radical (unpaired) electrons. The van der Waals surface area contributed by atoms with Gasteiger partial charge in [-0.15, -0.1) is 0 Å². The minimum atomic E-state index is -0.0398. The molecular formula is C20H18FeO+2. The van der Waals surface area contributed by atoms with Crippen molar-refractivity contribution in [3.63, 3.8) is 0 Å². The van der Waals surface area contributed by atoms with E-state index in [1.807, 2.05) is 63.1 Å². The van der Waals surface area contributed by atoms with Crippen molar-refractivity contribution in [1.82, 2.24) is 0 Å². The van der Waals surface area contributed by atoms with Crippen LogP contribution in [0.4, 0.5) is 0 Å². The zero-order chi connectivity index (χ0) is 14.5. The summed E-state index contributed by atoms with van der Waals surface area (Å²) in [5.41, 5.74) is 1.22. The second-order valence-electron chi connectivity index (χ2n) is 5.48. The van der Waals surface area contributed by atoms with Gasteiger partial charge in [-0.2, -0.15) is 0 Å². The van der Waals surface area contributed by atoms with E-state index in [1.165, 1.54) is 11.5 Å². The summed E-state index contributed by atoms with van der Waals surface area (Å²) in [5, 5.41) is 0. The van der Waals surface area contributed by atoms with Gasteiger partial charge in [0.2, 0.25) is 0 Å². The average Bonchev–Trinajstić information content (AvgIpc) is 3.20. The molecule has 110 valence electrons. The Balaban J connectivity index is 0.000000253. The third-order valence-corrected chi connectivity index (χ3v) is 4.10. The number of ketones is 1. The van der Waals surface area contributed by atoms with Crippen molar-refractivity contribution >= 4 is 5.78 Å². The number of carbonyl (C=O) groups is 1. The minimum Gasteiger partial charge on any atom is -0.300 e. The zero-order valence-electron chi connectivity index (χ0n) is 12.3. The molecule has 4 rings (SSSR count). The van der Waals surface area contributed by atoms with Crippen LogP contribution in [0.15, 0.2) is 30.3 Å². The molecule has 1 aromatic rings. The van der Waals surface area contributed by atoms with E-state index in [0.29, 0.717) is 18.6 Å². The van der Waals surface area contributed by atoms with Gasteiger partial charge < -0.3 is 0 Å². The molecule has 0 bridgehead atoms. The smallest absolute Gasteiger partial charge is 0.300 e. The standard InChI is InChI=1S/C15H13O.C5H5.Fe/c16-14-10-15(11-14,13-8-4-5-9-13)12-6-2-1-3-7-12;1-2-4-5-3-1;/h1-9H,10-11H2;1-5H;/q;;+2. The molecule has 2 heteroatoms. The van der Waals surface area contributed by atoms with Gasteiger partial charge in [-0.05, 0) is 69.3 Å². The minimum absolute atomic E-state index is 0. The molecule has 3 aliphatic rings. The van der Waals surface area contributed by atoms with E-state index >= 15 is 0 Å². The van der Waals surface area contributed by atoms with Gasteiger partial charge in [-0.3, -0.25) is 4.79 Å². The average molecular weight is 330 g/mol. The Morgan fingerprint density at radius 3 is 1.68 bits per heavy atom. The second kappa shape index (κ2) is 8.31. The normalized spacial score (nSPS) is 23.2. The van der Waals surface area contributed by atoms with E-state index in [0.717, 1.165) is 0 Å². The molecule has 3 saturated carbocycles. The number of rotatable bonds is 2. The molecule has 0 aliphatic heterocycles. The molecular weight excluding hydrogens is 312 g/mol. The first kappa shape index (κ1) is 17.8. The van der Waals surface area contributed by atoms with Crippen molar-refractivity contribution in [1.29, 1.82) is 0 Å². The Morgan fingerprint density at radius 2 is 1.23 bits per heavy atom. The van der Waals surface area contributed by atoms with Crippen LogP contribution in [0.1, 0.15) is 18.4 Å². The Hall–Kier alpha value is -0.591. The van der Waals surface area contributed by atoms with E-state index in [4.69, 9.17) is 0 Å². The third kappa shape index (κ3) is 3.84. The molecule has 0 spiro atoms. The monoisotopic (exact) mass is 330 g/mol. The van der Waals surface area contributed by atoms with Crippen LogP contribution >= 0.6 is 0 Å². The van der Waals surface area contributed by atoms with Gasteiger partial charge in [0.25, 0.3) is 0 Å². The summed E-state index contributed by atoms with van der Waals surface area (Å²) in [6.07, 6.45) is 19.6. The van der Waals surface area contributed by atoms with Crippen LogP contribution in [0.5, 0.6) is 0 Å². The summed E-state index contributed by atoms with van der Waals surface area (Å²) >= 11 is 0. The maximum atomic E-state index is 11.4. The molecule has 0 aromatic heterocycles. The van der Waals surface area contributed by atoms with Crippen LogP contribution in [0, 0.1) is 63.7 Å². The molecule has 0 heterocycles. The van der Waals surface area contributed by atoms with Crippen LogP contribution in [-0.2, 0) is 27.3 Å². The summed E-state index contributed by atoms with van der Waals surface area (Å²) in [5.74, 6) is 1.64. The van der Waals surface area contributed by atoms with E-state index < -0.39 is 0 Å². The Morgan fingerprint density at radius 1 is 0.727 bits per heavy atom. The van der Waals surface area contributed by atoms with Gasteiger partial charge >= 0.3 is 17.1 Å². The van der Waals surface area contributed by atoms with Gasteiger partial charge in [0.15, 0.2) is 0 Å². The SMILES string of the molecule is O=C1CC([C]2[CH][CH][CH][CH]2)(c2ccccc2)C1.[CH]1[CH][CH][CH][CH]1.[Fe+2]. The number of hydrogen-bond acceptors (Lipinski definition) is 1. The topological polar surface area (TPSA) is 17.1 Å². The van der Waals surface area contributed by atoms with E-state index in [2.05, 4.69) is 25.0 Å². The van der Waals surface area contributed by atoms with E-state index in [9.17, 15) is 4.79 Å². The molecule has 0 saturated heterocycles. The first-order valence-corrected chi connectivity index (χ1v) is 7.27. The van der Waals surface area contributed by atoms with Crippen molar-refractivity contribution in [3.05, 3.63) is 99.6 Å². The summed E-state index contributed by atoms with van der Waals surface area (Å²) < 4.78 is 0. The molecule has 1 nitrogen and oxygen atoms in total.